The third-order valence-corrected chi connectivity index (χ3v) is 4.91. The summed E-state index contributed by atoms with van der Waals surface area (Å²) in [5.41, 5.74) is 0. The van der Waals surface area contributed by atoms with Crippen molar-refractivity contribution in [3.63, 3.8) is 0 Å². The average molecular weight is 373 g/mol. The van der Waals surface area contributed by atoms with Crippen molar-refractivity contribution in [2.45, 2.75) is 102 Å². The van der Waals surface area contributed by atoms with Crippen LogP contribution < -0.4 is 0 Å². The van der Waals surface area contributed by atoms with Crippen LogP contribution in [0.15, 0.2) is 12.2 Å². The smallest absolute Gasteiger partial charge is 0.114 e. The van der Waals surface area contributed by atoms with Crippen molar-refractivity contribution in [3.05, 3.63) is 12.2 Å². The largest absolute Gasteiger partial charge is 0.388 e. The molecule has 1 aliphatic rings. The molecular formula is C21H40O5. The van der Waals surface area contributed by atoms with Gasteiger partial charge in [0, 0.05) is 6.61 Å². The summed E-state index contributed by atoms with van der Waals surface area (Å²) >= 11 is 0. The number of aliphatic hydroxyl groups is 3. The highest BCUT2D eigenvalue weighted by molar-refractivity contribution is 4.87. The zero-order valence-electron chi connectivity index (χ0n) is 16.5. The molecule has 0 aliphatic carbocycles. The Balaban J connectivity index is 1.84. The Kier molecular flexibility index (Phi) is 14.1. The highest BCUT2D eigenvalue weighted by Crippen LogP contribution is 2.17. The van der Waals surface area contributed by atoms with Crippen LogP contribution in [0.4, 0.5) is 0 Å². The zero-order valence-corrected chi connectivity index (χ0v) is 16.5. The Hall–Kier alpha value is -0.460. The van der Waals surface area contributed by atoms with Crippen molar-refractivity contribution < 1.29 is 24.8 Å². The molecule has 1 saturated heterocycles. The van der Waals surface area contributed by atoms with Gasteiger partial charge in [-0.1, -0.05) is 64.0 Å². The number of allylic oxidation sites excluding steroid dienone is 2. The van der Waals surface area contributed by atoms with Gasteiger partial charge >= 0.3 is 0 Å². The lowest BCUT2D eigenvalue weighted by molar-refractivity contribution is -0.0811. The molecule has 154 valence electrons. The van der Waals surface area contributed by atoms with Crippen LogP contribution in [0.1, 0.15) is 77.6 Å². The van der Waals surface area contributed by atoms with Gasteiger partial charge in [0.05, 0.1) is 13.2 Å². The van der Waals surface area contributed by atoms with E-state index in [4.69, 9.17) is 9.47 Å². The summed E-state index contributed by atoms with van der Waals surface area (Å²) in [7, 11) is 0. The number of hydrogen-bond acceptors (Lipinski definition) is 5. The van der Waals surface area contributed by atoms with Crippen molar-refractivity contribution in [2.24, 2.45) is 0 Å². The van der Waals surface area contributed by atoms with Crippen LogP contribution in [0, 0.1) is 0 Å². The molecule has 0 aromatic rings. The molecule has 0 saturated carbocycles. The third-order valence-electron chi connectivity index (χ3n) is 4.91. The number of ether oxygens (including phenoxy) is 2. The van der Waals surface area contributed by atoms with E-state index >= 15 is 0 Å². The minimum Gasteiger partial charge on any atom is -0.388 e. The summed E-state index contributed by atoms with van der Waals surface area (Å²) in [6.07, 6.45) is 14.8. The van der Waals surface area contributed by atoms with Gasteiger partial charge in [-0.05, 0) is 25.7 Å². The van der Waals surface area contributed by atoms with E-state index in [1.54, 1.807) is 0 Å². The van der Waals surface area contributed by atoms with Crippen LogP contribution in [0.3, 0.4) is 0 Å². The van der Waals surface area contributed by atoms with Crippen LogP contribution in [-0.4, -0.2) is 59.6 Å². The van der Waals surface area contributed by atoms with Crippen LogP contribution >= 0.6 is 0 Å². The van der Waals surface area contributed by atoms with E-state index < -0.39 is 24.4 Å². The minimum absolute atomic E-state index is 0.0620. The molecule has 5 heteroatoms. The van der Waals surface area contributed by atoms with Gasteiger partial charge in [-0.25, -0.2) is 0 Å². The van der Waals surface area contributed by atoms with Crippen molar-refractivity contribution >= 4 is 0 Å². The van der Waals surface area contributed by atoms with E-state index in [2.05, 4.69) is 19.1 Å². The van der Waals surface area contributed by atoms with Crippen molar-refractivity contribution in [2.75, 3.05) is 19.8 Å². The monoisotopic (exact) mass is 372 g/mol. The normalized spacial score (nSPS) is 24.5. The first-order valence-corrected chi connectivity index (χ1v) is 10.5. The van der Waals surface area contributed by atoms with Gasteiger partial charge in [-0.2, -0.15) is 0 Å². The van der Waals surface area contributed by atoms with E-state index in [0.717, 1.165) is 19.3 Å². The zero-order chi connectivity index (χ0) is 19.0. The van der Waals surface area contributed by atoms with E-state index in [9.17, 15) is 15.3 Å². The number of aliphatic hydroxyl groups excluding tert-OH is 3. The maximum atomic E-state index is 9.91. The van der Waals surface area contributed by atoms with Crippen molar-refractivity contribution in [1.82, 2.24) is 0 Å². The summed E-state index contributed by atoms with van der Waals surface area (Å²) in [5.74, 6) is 0. The quantitative estimate of drug-likeness (QED) is 0.286. The van der Waals surface area contributed by atoms with E-state index in [1.807, 2.05) is 0 Å². The van der Waals surface area contributed by atoms with Crippen LogP contribution in [-0.2, 0) is 9.47 Å². The van der Waals surface area contributed by atoms with Crippen LogP contribution in [0.25, 0.3) is 0 Å². The third kappa shape index (κ3) is 10.6. The summed E-state index contributed by atoms with van der Waals surface area (Å²) in [6, 6.07) is 0. The van der Waals surface area contributed by atoms with Crippen molar-refractivity contribution in [1.29, 1.82) is 0 Å². The lowest BCUT2D eigenvalue weighted by Gasteiger charge is -2.20. The van der Waals surface area contributed by atoms with E-state index in [-0.39, 0.29) is 13.2 Å². The van der Waals surface area contributed by atoms with Gasteiger partial charge in [-0.15, -0.1) is 0 Å². The Labute approximate surface area is 159 Å². The van der Waals surface area contributed by atoms with E-state index in [0.29, 0.717) is 6.61 Å². The summed E-state index contributed by atoms with van der Waals surface area (Å²) in [4.78, 5) is 0. The molecule has 0 aromatic heterocycles. The van der Waals surface area contributed by atoms with Gasteiger partial charge in [0.15, 0.2) is 0 Å². The Morgan fingerprint density at radius 2 is 1.58 bits per heavy atom. The van der Waals surface area contributed by atoms with Gasteiger partial charge in [0.25, 0.3) is 0 Å². The first-order valence-electron chi connectivity index (χ1n) is 10.5. The lowest BCUT2D eigenvalue weighted by Crippen LogP contribution is -2.40. The maximum absolute atomic E-state index is 9.91. The molecule has 26 heavy (non-hydrogen) atoms. The topological polar surface area (TPSA) is 79.2 Å². The summed E-state index contributed by atoms with van der Waals surface area (Å²) in [6.45, 7) is 3.01. The second-order valence-electron chi connectivity index (χ2n) is 7.38. The Morgan fingerprint density at radius 1 is 0.962 bits per heavy atom. The number of hydrogen-bond donors (Lipinski definition) is 3. The summed E-state index contributed by atoms with van der Waals surface area (Å²) in [5, 5.41) is 28.9. The summed E-state index contributed by atoms with van der Waals surface area (Å²) < 4.78 is 10.6. The molecule has 0 unspecified atom stereocenters. The van der Waals surface area contributed by atoms with Crippen LogP contribution in [0.2, 0.25) is 0 Å². The average Bonchev–Trinajstić information content (AvgIpc) is 2.97. The van der Waals surface area contributed by atoms with Crippen molar-refractivity contribution in [3.8, 4) is 0 Å². The molecule has 1 aliphatic heterocycles. The molecule has 0 aromatic carbocycles. The van der Waals surface area contributed by atoms with Gasteiger partial charge in [-0.3, -0.25) is 0 Å². The first kappa shape index (κ1) is 23.6. The second-order valence-corrected chi connectivity index (χ2v) is 7.38. The second kappa shape index (κ2) is 15.6. The number of unbranched alkanes of at least 4 members (excludes halogenated alkanes) is 9. The maximum Gasteiger partial charge on any atom is 0.114 e. The van der Waals surface area contributed by atoms with Gasteiger partial charge < -0.3 is 24.8 Å². The lowest BCUT2D eigenvalue weighted by atomic mass is 10.1. The standard InChI is InChI=1S/C21H40O5/c1-2-3-4-5-6-7-8-9-10-11-12-13-14-15-25-16-19(23)21-20(24)18(22)17-26-21/h11-12,18-24H,2-10,13-17H2,1H3/b12-11+/t18-,19+,20-,21-/m1/s1. The molecule has 1 heterocycles. The molecule has 5 nitrogen and oxygen atoms in total. The molecule has 4 atom stereocenters. The predicted octanol–water partition coefficient (Wildman–Crippen LogP) is 3.35. The molecule has 0 spiro atoms. The molecule has 0 bridgehead atoms. The molecular weight excluding hydrogens is 332 g/mol. The molecule has 0 radical (unpaired) electrons. The van der Waals surface area contributed by atoms with E-state index in [1.165, 1.54) is 51.4 Å². The SMILES string of the molecule is CCCCCCCCCC/C=C/CCCOC[C@H](O)[C@H]1OC[C@@H](O)[C@H]1O. The molecule has 0 amide bonds. The molecule has 1 fully saturated rings. The first-order chi connectivity index (χ1) is 12.7. The van der Waals surface area contributed by atoms with Gasteiger partial charge in [0.1, 0.15) is 24.4 Å². The fourth-order valence-electron chi connectivity index (χ4n) is 3.20. The molecule has 3 N–H and O–H groups in total. The number of rotatable bonds is 16. The fourth-order valence-corrected chi connectivity index (χ4v) is 3.20. The predicted molar refractivity (Wildman–Crippen MR) is 104 cm³/mol. The van der Waals surface area contributed by atoms with Crippen LogP contribution in [0.5, 0.6) is 0 Å². The van der Waals surface area contributed by atoms with Gasteiger partial charge in [0.2, 0.25) is 0 Å². The fraction of sp³-hybridized carbons (Fsp3) is 0.905. The Bertz CT molecular complexity index is 347. The molecule has 1 rings (SSSR count). The minimum atomic E-state index is -1.03. The highest BCUT2D eigenvalue weighted by atomic mass is 16.5. The highest BCUT2D eigenvalue weighted by Gasteiger charge is 2.39. The Morgan fingerprint density at radius 3 is 2.19 bits per heavy atom.